The van der Waals surface area contributed by atoms with Crippen LogP contribution in [0.1, 0.15) is 51.9 Å². The summed E-state index contributed by atoms with van der Waals surface area (Å²) in [7, 11) is 0. The lowest BCUT2D eigenvalue weighted by molar-refractivity contribution is -0.141. The molecule has 84 valence electrons. The summed E-state index contributed by atoms with van der Waals surface area (Å²) in [5.74, 6) is 0.200. The molecule has 0 aliphatic heterocycles. The van der Waals surface area contributed by atoms with Crippen molar-refractivity contribution in [2.24, 2.45) is 5.92 Å². The first-order chi connectivity index (χ1) is 6.72. The topological polar surface area (TPSA) is 37.3 Å². The zero-order valence-electron chi connectivity index (χ0n) is 8.97. The third-order valence-corrected chi connectivity index (χ3v) is 2.71. The van der Waals surface area contributed by atoms with Crippen molar-refractivity contribution in [3.05, 3.63) is 0 Å². The SMILES string of the molecule is CCCCCCl.O=C(O)C1CCCC1. The smallest absolute Gasteiger partial charge is 0.306 e. The van der Waals surface area contributed by atoms with Crippen molar-refractivity contribution in [1.29, 1.82) is 0 Å². The van der Waals surface area contributed by atoms with Gasteiger partial charge in [-0.2, -0.15) is 0 Å². The highest BCUT2D eigenvalue weighted by atomic mass is 35.5. The number of aliphatic carboxylic acids is 1. The molecule has 0 atom stereocenters. The van der Waals surface area contributed by atoms with Gasteiger partial charge in [-0.15, -0.1) is 11.6 Å². The van der Waals surface area contributed by atoms with Crippen LogP contribution in [0.15, 0.2) is 0 Å². The van der Waals surface area contributed by atoms with E-state index in [1.165, 1.54) is 19.3 Å². The van der Waals surface area contributed by atoms with Crippen molar-refractivity contribution in [1.82, 2.24) is 0 Å². The molecule has 0 spiro atoms. The summed E-state index contributed by atoms with van der Waals surface area (Å²) in [6.07, 6.45) is 7.74. The molecule has 2 nitrogen and oxygen atoms in total. The van der Waals surface area contributed by atoms with Gasteiger partial charge >= 0.3 is 5.97 Å². The number of carboxylic acid groups (broad SMARTS) is 1. The molecule has 1 aliphatic carbocycles. The molecule has 0 unspecified atom stereocenters. The molecule has 1 aliphatic rings. The van der Waals surface area contributed by atoms with Crippen LogP contribution in [0.3, 0.4) is 0 Å². The lowest BCUT2D eigenvalue weighted by Crippen LogP contribution is -2.07. The fourth-order valence-electron chi connectivity index (χ4n) is 1.52. The van der Waals surface area contributed by atoms with Crippen molar-refractivity contribution in [2.75, 3.05) is 5.88 Å². The molecule has 0 saturated heterocycles. The lowest BCUT2D eigenvalue weighted by Gasteiger charge is -1.97. The van der Waals surface area contributed by atoms with Crippen molar-refractivity contribution in [2.45, 2.75) is 51.9 Å². The van der Waals surface area contributed by atoms with Gasteiger partial charge in [0.05, 0.1) is 5.92 Å². The van der Waals surface area contributed by atoms with E-state index in [9.17, 15) is 4.79 Å². The molecule has 1 N–H and O–H groups in total. The Labute approximate surface area is 91.6 Å². The van der Waals surface area contributed by atoms with Gasteiger partial charge in [0.25, 0.3) is 0 Å². The van der Waals surface area contributed by atoms with E-state index < -0.39 is 5.97 Å². The summed E-state index contributed by atoms with van der Waals surface area (Å²) in [6, 6.07) is 0. The lowest BCUT2D eigenvalue weighted by atomic mass is 10.1. The van der Waals surface area contributed by atoms with Gasteiger partial charge in [0.2, 0.25) is 0 Å². The quantitative estimate of drug-likeness (QED) is 0.580. The maximum absolute atomic E-state index is 10.2. The minimum Gasteiger partial charge on any atom is -0.481 e. The van der Waals surface area contributed by atoms with Crippen LogP contribution < -0.4 is 0 Å². The summed E-state index contributed by atoms with van der Waals surface area (Å²) in [6.45, 7) is 2.17. The average molecular weight is 221 g/mol. The Hall–Kier alpha value is -0.240. The molecule has 0 heterocycles. The van der Waals surface area contributed by atoms with E-state index in [0.29, 0.717) is 0 Å². The molecular weight excluding hydrogens is 200 g/mol. The normalized spacial score (nSPS) is 16.1. The van der Waals surface area contributed by atoms with Crippen LogP contribution in [-0.4, -0.2) is 17.0 Å². The third-order valence-electron chi connectivity index (χ3n) is 2.44. The highest BCUT2D eigenvalue weighted by Crippen LogP contribution is 2.24. The van der Waals surface area contributed by atoms with Gasteiger partial charge in [-0.05, 0) is 19.3 Å². The standard InChI is InChI=1S/C6H10O2.C5H11Cl/c7-6(8)5-3-1-2-4-5;1-2-3-4-5-6/h5H,1-4H2,(H,7,8);2-5H2,1H3. The summed E-state index contributed by atoms with van der Waals surface area (Å²) >= 11 is 5.38. The van der Waals surface area contributed by atoms with Crippen molar-refractivity contribution < 1.29 is 9.90 Å². The third kappa shape index (κ3) is 7.19. The van der Waals surface area contributed by atoms with Gasteiger partial charge < -0.3 is 5.11 Å². The number of unbranched alkanes of at least 4 members (excludes halogenated alkanes) is 2. The Morgan fingerprint density at radius 2 is 1.93 bits per heavy atom. The van der Waals surface area contributed by atoms with E-state index in [2.05, 4.69) is 6.92 Å². The van der Waals surface area contributed by atoms with E-state index in [0.717, 1.165) is 31.6 Å². The van der Waals surface area contributed by atoms with Gasteiger partial charge in [-0.3, -0.25) is 4.79 Å². The summed E-state index contributed by atoms with van der Waals surface area (Å²) < 4.78 is 0. The molecule has 0 aromatic rings. The molecule has 3 heteroatoms. The largest absolute Gasteiger partial charge is 0.481 e. The second kappa shape index (κ2) is 9.32. The van der Waals surface area contributed by atoms with Crippen LogP contribution in [0, 0.1) is 5.92 Å². The first-order valence-corrected chi connectivity index (χ1v) is 6.04. The van der Waals surface area contributed by atoms with Crippen LogP contribution in [-0.2, 0) is 4.79 Å². The summed E-state index contributed by atoms with van der Waals surface area (Å²) in [4.78, 5) is 10.2. The number of hydrogen-bond donors (Lipinski definition) is 1. The number of alkyl halides is 1. The molecule has 1 rings (SSSR count). The number of carbonyl (C=O) groups is 1. The van der Waals surface area contributed by atoms with E-state index >= 15 is 0 Å². The van der Waals surface area contributed by atoms with E-state index in [4.69, 9.17) is 16.7 Å². The Morgan fingerprint density at radius 1 is 1.36 bits per heavy atom. The van der Waals surface area contributed by atoms with Crippen LogP contribution in [0.5, 0.6) is 0 Å². The Morgan fingerprint density at radius 3 is 2.14 bits per heavy atom. The fraction of sp³-hybridized carbons (Fsp3) is 0.909. The van der Waals surface area contributed by atoms with Gasteiger partial charge in [-0.1, -0.05) is 32.6 Å². The molecule has 0 amide bonds. The Kier molecular flexibility index (Phi) is 9.16. The van der Waals surface area contributed by atoms with Crippen LogP contribution in [0.25, 0.3) is 0 Å². The van der Waals surface area contributed by atoms with E-state index in [-0.39, 0.29) is 5.92 Å². The first-order valence-electron chi connectivity index (χ1n) is 5.51. The van der Waals surface area contributed by atoms with Crippen molar-refractivity contribution in [3.8, 4) is 0 Å². The predicted octanol–water partition coefficient (Wildman–Crippen LogP) is 3.68. The zero-order valence-corrected chi connectivity index (χ0v) is 9.72. The molecule has 1 fully saturated rings. The predicted molar refractivity (Wildman–Crippen MR) is 59.8 cm³/mol. The van der Waals surface area contributed by atoms with E-state index in [1.807, 2.05) is 0 Å². The van der Waals surface area contributed by atoms with Crippen LogP contribution in [0.2, 0.25) is 0 Å². The van der Waals surface area contributed by atoms with Gasteiger partial charge in [0.1, 0.15) is 0 Å². The molecular formula is C11H21ClO2. The van der Waals surface area contributed by atoms with E-state index in [1.54, 1.807) is 0 Å². The average Bonchev–Trinajstić information content (AvgIpc) is 2.68. The number of rotatable bonds is 4. The second-order valence-corrected chi connectivity index (χ2v) is 4.09. The van der Waals surface area contributed by atoms with Gasteiger partial charge in [-0.25, -0.2) is 0 Å². The molecule has 0 aromatic carbocycles. The zero-order chi connectivity index (χ0) is 10.8. The number of carboxylic acids is 1. The molecule has 0 aromatic heterocycles. The van der Waals surface area contributed by atoms with Crippen LogP contribution in [0.4, 0.5) is 0 Å². The molecule has 1 saturated carbocycles. The van der Waals surface area contributed by atoms with Crippen molar-refractivity contribution >= 4 is 17.6 Å². The second-order valence-electron chi connectivity index (χ2n) is 3.72. The van der Waals surface area contributed by atoms with Gasteiger partial charge in [0.15, 0.2) is 0 Å². The maximum atomic E-state index is 10.2. The Bertz CT molecular complexity index is 138. The first kappa shape index (κ1) is 13.8. The maximum Gasteiger partial charge on any atom is 0.306 e. The monoisotopic (exact) mass is 220 g/mol. The molecule has 14 heavy (non-hydrogen) atoms. The van der Waals surface area contributed by atoms with Crippen molar-refractivity contribution in [3.63, 3.8) is 0 Å². The minimum atomic E-state index is -0.609. The fourth-order valence-corrected chi connectivity index (χ4v) is 1.71. The summed E-state index contributed by atoms with van der Waals surface area (Å²) in [5.41, 5.74) is 0. The number of hydrogen-bond acceptors (Lipinski definition) is 1. The highest BCUT2D eigenvalue weighted by Gasteiger charge is 2.20. The van der Waals surface area contributed by atoms with Gasteiger partial charge in [0, 0.05) is 5.88 Å². The highest BCUT2D eigenvalue weighted by molar-refractivity contribution is 6.17. The molecule has 0 radical (unpaired) electrons. The summed E-state index contributed by atoms with van der Waals surface area (Å²) in [5, 5.41) is 8.41. The number of halogens is 1. The molecule has 0 bridgehead atoms. The van der Waals surface area contributed by atoms with Crippen LogP contribution >= 0.6 is 11.6 Å². The minimum absolute atomic E-state index is 0.0185. The Balaban J connectivity index is 0.000000255.